The van der Waals surface area contributed by atoms with Crippen molar-refractivity contribution in [2.75, 3.05) is 32.8 Å². The number of carboxylic acid groups (broad SMARTS) is 1. The SMILES string of the molecule is CC(=O)[O-].CCCCC(CC)COCCCNCCCN. The van der Waals surface area contributed by atoms with Crippen LogP contribution in [0.15, 0.2) is 0 Å². The summed E-state index contributed by atoms with van der Waals surface area (Å²) in [6.07, 6.45) is 7.37. The average Bonchev–Trinajstić information content (AvgIpc) is 2.44. The highest BCUT2D eigenvalue weighted by molar-refractivity contribution is 5.60. The molecule has 0 radical (unpaired) electrons. The molecule has 21 heavy (non-hydrogen) atoms. The summed E-state index contributed by atoms with van der Waals surface area (Å²) in [5, 5.41) is 12.3. The van der Waals surface area contributed by atoms with Crippen LogP contribution in [0.25, 0.3) is 0 Å². The Kier molecular flexibility index (Phi) is 20.9. The normalized spacial score (nSPS) is 11.6. The molecule has 1 atom stereocenters. The summed E-state index contributed by atoms with van der Waals surface area (Å²) in [5.74, 6) is -0.319. The summed E-state index contributed by atoms with van der Waals surface area (Å²) in [4.78, 5) is 8.89. The van der Waals surface area contributed by atoms with Crippen LogP contribution in [-0.4, -0.2) is 38.8 Å². The molecule has 128 valence electrons. The van der Waals surface area contributed by atoms with Gasteiger partial charge in [-0.3, -0.25) is 0 Å². The van der Waals surface area contributed by atoms with Gasteiger partial charge in [-0.15, -0.1) is 0 Å². The average molecular weight is 303 g/mol. The number of hydrogen-bond donors (Lipinski definition) is 2. The maximum absolute atomic E-state index is 8.89. The van der Waals surface area contributed by atoms with E-state index in [2.05, 4.69) is 19.2 Å². The van der Waals surface area contributed by atoms with Crippen LogP contribution in [0.3, 0.4) is 0 Å². The Morgan fingerprint density at radius 2 is 1.86 bits per heavy atom. The number of hydrogen-bond acceptors (Lipinski definition) is 5. The van der Waals surface area contributed by atoms with E-state index in [0.717, 1.165) is 58.5 Å². The zero-order valence-corrected chi connectivity index (χ0v) is 14.2. The van der Waals surface area contributed by atoms with Gasteiger partial charge >= 0.3 is 0 Å². The number of carboxylic acids is 1. The van der Waals surface area contributed by atoms with Gasteiger partial charge in [-0.2, -0.15) is 0 Å². The number of carbonyl (C=O) groups excluding carboxylic acids is 1. The molecule has 0 aliphatic carbocycles. The van der Waals surface area contributed by atoms with Gasteiger partial charge in [0.05, 0.1) is 0 Å². The molecule has 1 unspecified atom stereocenters. The summed E-state index contributed by atoms with van der Waals surface area (Å²) in [7, 11) is 0. The number of ether oxygens (including phenoxy) is 1. The first-order chi connectivity index (χ1) is 10.1. The van der Waals surface area contributed by atoms with Crippen LogP contribution in [0.1, 0.15) is 59.3 Å². The molecule has 0 rings (SSSR count). The van der Waals surface area contributed by atoms with Gasteiger partial charge in [0.2, 0.25) is 0 Å². The first-order valence-corrected chi connectivity index (χ1v) is 8.24. The molecular formula is C16H35N2O3-. The molecule has 0 aromatic heterocycles. The summed E-state index contributed by atoms with van der Waals surface area (Å²) in [6.45, 7) is 10.2. The number of unbranched alkanes of at least 4 members (excludes halogenated alkanes) is 1. The van der Waals surface area contributed by atoms with Crippen LogP contribution in [0.5, 0.6) is 0 Å². The van der Waals surface area contributed by atoms with Gasteiger partial charge in [0.1, 0.15) is 0 Å². The second-order valence-electron chi connectivity index (χ2n) is 5.23. The molecule has 0 aromatic carbocycles. The van der Waals surface area contributed by atoms with E-state index in [9.17, 15) is 0 Å². The van der Waals surface area contributed by atoms with Crippen LogP contribution in [0.2, 0.25) is 0 Å². The van der Waals surface area contributed by atoms with Crippen LogP contribution in [-0.2, 0) is 9.53 Å². The smallest absolute Gasteiger partial charge is 0.0494 e. The lowest BCUT2D eigenvalue weighted by Gasteiger charge is -2.14. The van der Waals surface area contributed by atoms with Crippen molar-refractivity contribution in [2.45, 2.75) is 59.3 Å². The van der Waals surface area contributed by atoms with Gasteiger partial charge in [0, 0.05) is 19.2 Å². The molecule has 5 nitrogen and oxygen atoms in total. The first-order valence-electron chi connectivity index (χ1n) is 8.24. The Labute approximate surface area is 130 Å². The minimum Gasteiger partial charge on any atom is -0.550 e. The Balaban J connectivity index is 0. The molecule has 0 heterocycles. The lowest BCUT2D eigenvalue weighted by Crippen LogP contribution is -2.21. The topological polar surface area (TPSA) is 87.4 Å². The predicted molar refractivity (Wildman–Crippen MR) is 86.0 cm³/mol. The van der Waals surface area contributed by atoms with Gasteiger partial charge in [0.15, 0.2) is 0 Å². The Bertz CT molecular complexity index is 210. The van der Waals surface area contributed by atoms with Crippen LogP contribution < -0.4 is 16.2 Å². The molecule has 5 heteroatoms. The fraction of sp³-hybridized carbons (Fsp3) is 0.938. The lowest BCUT2D eigenvalue weighted by atomic mass is 10.0. The number of aliphatic carboxylic acids is 1. The summed E-state index contributed by atoms with van der Waals surface area (Å²) >= 11 is 0. The number of carbonyl (C=O) groups is 1. The predicted octanol–water partition coefficient (Wildman–Crippen LogP) is 1.30. The van der Waals surface area contributed by atoms with Gasteiger partial charge < -0.3 is 25.7 Å². The minimum absolute atomic E-state index is 0.764. The van der Waals surface area contributed by atoms with Crippen molar-refractivity contribution in [3.63, 3.8) is 0 Å². The molecule has 0 saturated heterocycles. The van der Waals surface area contributed by atoms with E-state index in [1.165, 1.54) is 25.7 Å². The Morgan fingerprint density at radius 3 is 2.38 bits per heavy atom. The standard InChI is InChI=1S/C14H32N2O.C2H4O2/c1-3-5-8-14(4-2)13-17-12-7-11-16-10-6-9-15;1-2(3)4/h14,16H,3-13,15H2,1-2H3;1H3,(H,3,4)/p-1. The molecule has 0 aliphatic rings. The molecule has 0 aliphatic heterocycles. The summed E-state index contributed by atoms with van der Waals surface area (Å²) in [5.41, 5.74) is 5.41. The van der Waals surface area contributed by atoms with Gasteiger partial charge in [-0.1, -0.05) is 33.1 Å². The van der Waals surface area contributed by atoms with Crippen molar-refractivity contribution in [3.05, 3.63) is 0 Å². The molecular weight excluding hydrogens is 268 g/mol. The Morgan fingerprint density at radius 1 is 1.24 bits per heavy atom. The molecule has 0 bridgehead atoms. The molecule has 0 spiro atoms. The molecule has 3 N–H and O–H groups in total. The second-order valence-corrected chi connectivity index (χ2v) is 5.23. The monoisotopic (exact) mass is 303 g/mol. The highest BCUT2D eigenvalue weighted by Gasteiger charge is 2.05. The molecule has 0 amide bonds. The van der Waals surface area contributed by atoms with Crippen molar-refractivity contribution in [3.8, 4) is 0 Å². The quantitative estimate of drug-likeness (QED) is 0.501. The molecule has 0 saturated carbocycles. The third kappa shape index (κ3) is 24.7. The van der Waals surface area contributed by atoms with E-state index in [1.54, 1.807) is 0 Å². The highest BCUT2D eigenvalue weighted by Crippen LogP contribution is 2.12. The molecule has 0 aromatic rings. The maximum Gasteiger partial charge on any atom is 0.0494 e. The maximum atomic E-state index is 8.89. The zero-order chi connectivity index (χ0) is 16.3. The molecule has 0 fully saturated rings. The zero-order valence-electron chi connectivity index (χ0n) is 14.2. The van der Waals surface area contributed by atoms with Crippen LogP contribution >= 0.6 is 0 Å². The number of nitrogens with one attached hydrogen (secondary N) is 1. The fourth-order valence-electron chi connectivity index (χ4n) is 1.80. The van der Waals surface area contributed by atoms with Gasteiger partial charge in [-0.05, 0) is 51.7 Å². The van der Waals surface area contributed by atoms with E-state index in [4.69, 9.17) is 20.4 Å². The van der Waals surface area contributed by atoms with Crippen molar-refractivity contribution in [1.29, 1.82) is 0 Å². The van der Waals surface area contributed by atoms with Crippen molar-refractivity contribution in [2.24, 2.45) is 11.7 Å². The number of rotatable bonds is 13. The van der Waals surface area contributed by atoms with E-state index in [-0.39, 0.29) is 0 Å². The van der Waals surface area contributed by atoms with Crippen molar-refractivity contribution < 1.29 is 14.6 Å². The summed E-state index contributed by atoms with van der Waals surface area (Å²) < 4.78 is 5.73. The van der Waals surface area contributed by atoms with Crippen LogP contribution in [0, 0.1) is 5.92 Å². The highest BCUT2D eigenvalue weighted by atomic mass is 16.5. The third-order valence-electron chi connectivity index (χ3n) is 3.10. The van der Waals surface area contributed by atoms with Crippen LogP contribution in [0.4, 0.5) is 0 Å². The van der Waals surface area contributed by atoms with E-state index in [1.807, 2.05) is 0 Å². The Hall–Kier alpha value is -0.650. The van der Waals surface area contributed by atoms with Gasteiger partial charge in [-0.25, -0.2) is 0 Å². The first kappa shape index (κ1) is 22.6. The fourth-order valence-corrected chi connectivity index (χ4v) is 1.80. The van der Waals surface area contributed by atoms with E-state index in [0.29, 0.717) is 0 Å². The van der Waals surface area contributed by atoms with E-state index >= 15 is 0 Å². The van der Waals surface area contributed by atoms with Gasteiger partial charge in [0.25, 0.3) is 0 Å². The summed E-state index contributed by atoms with van der Waals surface area (Å²) in [6, 6.07) is 0. The van der Waals surface area contributed by atoms with E-state index < -0.39 is 5.97 Å². The third-order valence-corrected chi connectivity index (χ3v) is 3.10. The minimum atomic E-state index is -1.08. The second kappa shape index (κ2) is 19.4. The largest absolute Gasteiger partial charge is 0.550 e. The lowest BCUT2D eigenvalue weighted by molar-refractivity contribution is -0.302. The van der Waals surface area contributed by atoms with Crippen molar-refractivity contribution >= 4 is 5.97 Å². The number of nitrogens with two attached hydrogens (primary N) is 1. The van der Waals surface area contributed by atoms with Crippen molar-refractivity contribution in [1.82, 2.24) is 5.32 Å².